The van der Waals surface area contributed by atoms with E-state index < -0.39 is 6.10 Å². The van der Waals surface area contributed by atoms with Crippen molar-refractivity contribution in [3.63, 3.8) is 0 Å². The predicted molar refractivity (Wildman–Crippen MR) is 70.1 cm³/mol. The molecular weight excluding hydrogens is 212 g/mol. The van der Waals surface area contributed by atoms with Crippen LogP contribution >= 0.6 is 0 Å². The quantitative estimate of drug-likeness (QED) is 0.870. The summed E-state index contributed by atoms with van der Waals surface area (Å²) < 4.78 is 0. The van der Waals surface area contributed by atoms with Crippen molar-refractivity contribution >= 4 is 5.82 Å². The Hall–Kier alpha value is -1.09. The third-order valence-electron chi connectivity index (χ3n) is 3.65. The molecule has 0 aromatic carbocycles. The summed E-state index contributed by atoms with van der Waals surface area (Å²) in [6.45, 7) is 2.86. The molecule has 0 aliphatic heterocycles. The van der Waals surface area contributed by atoms with Crippen LogP contribution in [0.1, 0.15) is 44.3 Å². The highest BCUT2D eigenvalue weighted by Crippen LogP contribution is 2.26. The fraction of sp³-hybridized carbons (Fsp3) is 0.643. The lowest BCUT2D eigenvalue weighted by Gasteiger charge is -2.22. The van der Waals surface area contributed by atoms with Gasteiger partial charge in [-0.25, -0.2) is 4.98 Å². The Morgan fingerprint density at radius 1 is 1.41 bits per heavy atom. The van der Waals surface area contributed by atoms with Crippen LogP contribution in [-0.4, -0.2) is 23.7 Å². The molecule has 0 bridgehead atoms. The Balaban J connectivity index is 1.96. The largest absolute Gasteiger partial charge is 0.389 e. The summed E-state index contributed by atoms with van der Waals surface area (Å²) in [5.41, 5.74) is 0.878. The second-order valence-electron chi connectivity index (χ2n) is 5.16. The van der Waals surface area contributed by atoms with Crippen LogP contribution in [0.3, 0.4) is 0 Å². The van der Waals surface area contributed by atoms with Crippen LogP contribution in [-0.2, 0) is 0 Å². The summed E-state index contributed by atoms with van der Waals surface area (Å²) in [5.74, 6) is 1.83. The highest BCUT2D eigenvalue weighted by Gasteiger charge is 2.17. The molecule has 1 heterocycles. The summed E-state index contributed by atoms with van der Waals surface area (Å²) in [7, 11) is 2.10. The molecule has 1 aromatic rings. The third kappa shape index (κ3) is 3.19. The molecular formula is C14H22N2O. The van der Waals surface area contributed by atoms with Gasteiger partial charge in [0.25, 0.3) is 0 Å². The van der Waals surface area contributed by atoms with E-state index in [-0.39, 0.29) is 0 Å². The summed E-state index contributed by atoms with van der Waals surface area (Å²) in [5, 5.41) is 9.43. The van der Waals surface area contributed by atoms with Crippen LogP contribution in [0.4, 0.5) is 5.82 Å². The molecule has 2 rings (SSSR count). The van der Waals surface area contributed by atoms with Gasteiger partial charge >= 0.3 is 0 Å². The van der Waals surface area contributed by atoms with E-state index >= 15 is 0 Å². The minimum Gasteiger partial charge on any atom is -0.389 e. The van der Waals surface area contributed by atoms with Gasteiger partial charge in [0.1, 0.15) is 5.82 Å². The third-order valence-corrected chi connectivity index (χ3v) is 3.65. The molecule has 94 valence electrons. The highest BCUT2D eigenvalue weighted by atomic mass is 16.3. The number of aromatic nitrogens is 1. The summed E-state index contributed by atoms with van der Waals surface area (Å²) in [4.78, 5) is 6.63. The maximum Gasteiger partial charge on any atom is 0.128 e. The van der Waals surface area contributed by atoms with Crippen LogP contribution in [0.25, 0.3) is 0 Å². The zero-order valence-corrected chi connectivity index (χ0v) is 10.8. The Bertz CT molecular complexity index is 342. The number of hydrogen-bond donors (Lipinski definition) is 1. The first-order chi connectivity index (χ1) is 8.16. The van der Waals surface area contributed by atoms with E-state index in [2.05, 4.69) is 16.9 Å². The number of hydrogen-bond acceptors (Lipinski definition) is 3. The number of rotatable bonds is 4. The molecule has 0 spiro atoms. The van der Waals surface area contributed by atoms with Gasteiger partial charge in [-0.05, 0) is 37.3 Å². The number of nitrogens with zero attached hydrogens (tertiary/aromatic N) is 2. The van der Waals surface area contributed by atoms with Gasteiger partial charge < -0.3 is 10.0 Å². The van der Waals surface area contributed by atoms with Gasteiger partial charge in [-0.1, -0.05) is 18.9 Å². The van der Waals surface area contributed by atoms with Gasteiger partial charge in [-0.3, -0.25) is 0 Å². The van der Waals surface area contributed by atoms with Crippen molar-refractivity contribution in [2.24, 2.45) is 5.92 Å². The number of aliphatic hydroxyl groups excluding tert-OH is 1. The van der Waals surface area contributed by atoms with Crippen LogP contribution in [0.2, 0.25) is 0 Å². The lowest BCUT2D eigenvalue weighted by molar-refractivity contribution is 0.199. The minimum atomic E-state index is -0.434. The van der Waals surface area contributed by atoms with Crippen molar-refractivity contribution in [1.82, 2.24) is 4.98 Å². The lowest BCUT2D eigenvalue weighted by atomic mass is 10.1. The normalized spacial score (nSPS) is 18.3. The molecule has 0 radical (unpaired) electrons. The van der Waals surface area contributed by atoms with Crippen molar-refractivity contribution in [3.05, 3.63) is 23.9 Å². The molecule has 1 N–H and O–H groups in total. The van der Waals surface area contributed by atoms with Crippen molar-refractivity contribution in [2.75, 3.05) is 18.5 Å². The van der Waals surface area contributed by atoms with Gasteiger partial charge in [0.05, 0.1) is 6.10 Å². The number of aliphatic hydroxyl groups is 1. The Morgan fingerprint density at radius 3 is 2.65 bits per heavy atom. The molecule has 1 saturated carbocycles. The molecule has 3 heteroatoms. The molecule has 0 amide bonds. The zero-order valence-electron chi connectivity index (χ0n) is 10.8. The van der Waals surface area contributed by atoms with Crippen molar-refractivity contribution in [3.8, 4) is 0 Å². The van der Waals surface area contributed by atoms with E-state index in [0.29, 0.717) is 0 Å². The van der Waals surface area contributed by atoms with Gasteiger partial charge in [0, 0.05) is 19.8 Å². The molecule has 1 fully saturated rings. The van der Waals surface area contributed by atoms with Crippen LogP contribution < -0.4 is 4.90 Å². The van der Waals surface area contributed by atoms with Gasteiger partial charge in [-0.15, -0.1) is 0 Å². The fourth-order valence-electron chi connectivity index (χ4n) is 2.54. The van der Waals surface area contributed by atoms with Crippen molar-refractivity contribution in [1.29, 1.82) is 0 Å². The van der Waals surface area contributed by atoms with Gasteiger partial charge in [0.2, 0.25) is 0 Å². The SMILES string of the molecule is CC(O)c1ccc(N(C)CC2CCCC2)nc1. The van der Waals surface area contributed by atoms with Crippen molar-refractivity contribution < 1.29 is 5.11 Å². The molecule has 0 saturated heterocycles. The van der Waals surface area contributed by atoms with E-state index in [9.17, 15) is 5.11 Å². The molecule has 1 unspecified atom stereocenters. The average Bonchev–Trinajstić information content (AvgIpc) is 2.82. The minimum absolute atomic E-state index is 0.434. The van der Waals surface area contributed by atoms with Crippen LogP contribution in [0, 0.1) is 5.92 Å². The maximum absolute atomic E-state index is 9.43. The maximum atomic E-state index is 9.43. The topological polar surface area (TPSA) is 36.4 Å². The first-order valence-corrected chi connectivity index (χ1v) is 6.52. The van der Waals surface area contributed by atoms with Crippen LogP contribution in [0.5, 0.6) is 0 Å². The van der Waals surface area contributed by atoms with Gasteiger partial charge in [0.15, 0.2) is 0 Å². The molecule has 17 heavy (non-hydrogen) atoms. The fourth-order valence-corrected chi connectivity index (χ4v) is 2.54. The van der Waals surface area contributed by atoms with Crippen LogP contribution in [0.15, 0.2) is 18.3 Å². The Labute approximate surface area is 103 Å². The van der Waals surface area contributed by atoms with E-state index in [1.807, 2.05) is 12.1 Å². The average molecular weight is 234 g/mol. The zero-order chi connectivity index (χ0) is 12.3. The van der Waals surface area contributed by atoms with E-state index in [4.69, 9.17) is 0 Å². The summed E-state index contributed by atoms with van der Waals surface area (Å²) in [6, 6.07) is 3.95. The first kappa shape index (κ1) is 12.4. The molecule has 1 atom stereocenters. The molecule has 1 aliphatic rings. The van der Waals surface area contributed by atoms with E-state index in [1.165, 1.54) is 25.7 Å². The Morgan fingerprint density at radius 2 is 2.12 bits per heavy atom. The second kappa shape index (κ2) is 5.50. The highest BCUT2D eigenvalue weighted by molar-refractivity contribution is 5.38. The smallest absolute Gasteiger partial charge is 0.128 e. The lowest BCUT2D eigenvalue weighted by Crippen LogP contribution is -2.24. The van der Waals surface area contributed by atoms with E-state index in [0.717, 1.165) is 23.8 Å². The summed E-state index contributed by atoms with van der Waals surface area (Å²) in [6.07, 6.45) is 6.81. The van der Waals surface area contributed by atoms with E-state index in [1.54, 1.807) is 13.1 Å². The standard InChI is InChI=1S/C14H22N2O/c1-11(17)13-7-8-14(15-9-13)16(2)10-12-5-3-4-6-12/h7-9,11-12,17H,3-6,10H2,1-2H3. The summed E-state index contributed by atoms with van der Waals surface area (Å²) >= 11 is 0. The Kier molecular flexibility index (Phi) is 4.00. The molecule has 1 aliphatic carbocycles. The monoisotopic (exact) mass is 234 g/mol. The molecule has 1 aromatic heterocycles. The first-order valence-electron chi connectivity index (χ1n) is 6.52. The molecule has 3 nitrogen and oxygen atoms in total. The second-order valence-corrected chi connectivity index (χ2v) is 5.16. The number of anilines is 1. The van der Waals surface area contributed by atoms with Crippen molar-refractivity contribution in [2.45, 2.75) is 38.7 Å². The van der Waals surface area contributed by atoms with Gasteiger partial charge in [-0.2, -0.15) is 0 Å². The number of pyridine rings is 1. The predicted octanol–water partition coefficient (Wildman–Crippen LogP) is 2.76.